The molecule has 0 radical (unpaired) electrons. The van der Waals surface area contributed by atoms with Crippen LogP contribution in [0.25, 0.3) is 22.7 Å². The first-order valence-corrected chi connectivity index (χ1v) is 10.4. The van der Waals surface area contributed by atoms with Crippen LogP contribution in [0.2, 0.25) is 0 Å². The molecule has 0 unspecified atom stereocenters. The van der Waals surface area contributed by atoms with Crippen LogP contribution in [0.15, 0.2) is 83.5 Å². The molecule has 2 aromatic carbocycles. The van der Waals surface area contributed by atoms with Crippen LogP contribution in [0.5, 0.6) is 0 Å². The summed E-state index contributed by atoms with van der Waals surface area (Å²) in [4.78, 5) is 14.1. The summed E-state index contributed by atoms with van der Waals surface area (Å²) in [6.07, 6.45) is 2.51. The fourth-order valence-corrected chi connectivity index (χ4v) is 3.49. The van der Waals surface area contributed by atoms with E-state index in [9.17, 15) is 0 Å². The molecule has 156 valence electrons. The second-order valence-electron chi connectivity index (χ2n) is 7.32. The highest BCUT2D eigenvalue weighted by Crippen LogP contribution is 2.26. The first-order valence-electron chi connectivity index (χ1n) is 10.4. The summed E-state index contributed by atoms with van der Waals surface area (Å²) < 4.78 is 7.47. The van der Waals surface area contributed by atoms with E-state index < -0.39 is 0 Å². The van der Waals surface area contributed by atoms with Crippen molar-refractivity contribution in [3.8, 4) is 23.4 Å². The molecular weight excluding hydrogens is 398 g/mol. The van der Waals surface area contributed by atoms with Crippen molar-refractivity contribution in [3.63, 3.8) is 0 Å². The Balaban J connectivity index is 1.53. The number of hydrogen-bond donors (Lipinski definition) is 1. The van der Waals surface area contributed by atoms with Gasteiger partial charge in [0.25, 0.3) is 0 Å². The maximum atomic E-state index is 5.56. The third-order valence-corrected chi connectivity index (χ3v) is 5.10. The van der Waals surface area contributed by atoms with Crippen molar-refractivity contribution in [1.82, 2.24) is 19.5 Å². The highest BCUT2D eigenvalue weighted by molar-refractivity contribution is 5.86. The van der Waals surface area contributed by atoms with E-state index in [-0.39, 0.29) is 0 Å². The van der Waals surface area contributed by atoms with Gasteiger partial charge in [0.15, 0.2) is 28.6 Å². The smallest absolute Gasteiger partial charge is 0.209 e. The largest absolute Gasteiger partial charge is 0.461 e. The summed E-state index contributed by atoms with van der Waals surface area (Å²) in [7, 11) is 1.92. The van der Waals surface area contributed by atoms with Gasteiger partial charge in [-0.2, -0.15) is 0 Å². The van der Waals surface area contributed by atoms with Gasteiger partial charge in [-0.15, -0.1) is 0 Å². The molecule has 0 saturated heterocycles. The number of hydrogen-bond acceptors (Lipinski definition) is 5. The average molecular weight is 419 g/mol. The number of aryl methyl sites for hydroxylation is 1. The topological polar surface area (TPSA) is 68.8 Å². The Morgan fingerprint density at radius 2 is 1.66 bits per heavy atom. The fourth-order valence-electron chi connectivity index (χ4n) is 3.49. The van der Waals surface area contributed by atoms with Crippen LogP contribution in [-0.2, 0) is 13.5 Å². The SMILES string of the molecule is Cn1c(-c2ccco2)nc2c(NCCc3ccccc3)nc(C#Cc3ccccc3)nc21. The van der Waals surface area contributed by atoms with Crippen molar-refractivity contribution in [3.05, 3.63) is 96.0 Å². The monoisotopic (exact) mass is 419 g/mol. The number of nitrogens with zero attached hydrogens (tertiary/aromatic N) is 4. The van der Waals surface area contributed by atoms with Gasteiger partial charge in [-0.25, -0.2) is 15.0 Å². The Morgan fingerprint density at radius 3 is 2.41 bits per heavy atom. The van der Waals surface area contributed by atoms with E-state index >= 15 is 0 Å². The molecule has 0 bridgehead atoms. The zero-order chi connectivity index (χ0) is 21.8. The number of nitrogens with one attached hydrogen (secondary N) is 1. The van der Waals surface area contributed by atoms with E-state index in [1.807, 2.05) is 72.3 Å². The van der Waals surface area contributed by atoms with Crippen molar-refractivity contribution in [2.45, 2.75) is 6.42 Å². The summed E-state index contributed by atoms with van der Waals surface area (Å²) in [6, 6.07) is 23.9. The first-order chi connectivity index (χ1) is 15.8. The number of rotatable bonds is 5. The summed E-state index contributed by atoms with van der Waals surface area (Å²) in [6.45, 7) is 0.717. The van der Waals surface area contributed by atoms with Gasteiger partial charge in [-0.05, 0) is 42.2 Å². The van der Waals surface area contributed by atoms with Crippen LogP contribution in [0, 0.1) is 11.8 Å². The van der Waals surface area contributed by atoms with E-state index in [2.05, 4.69) is 39.3 Å². The van der Waals surface area contributed by atoms with Gasteiger partial charge in [-0.1, -0.05) is 54.5 Å². The van der Waals surface area contributed by atoms with E-state index in [4.69, 9.17) is 9.40 Å². The molecule has 6 nitrogen and oxygen atoms in total. The van der Waals surface area contributed by atoms with Crippen molar-refractivity contribution in [2.24, 2.45) is 7.05 Å². The zero-order valence-electron chi connectivity index (χ0n) is 17.6. The van der Waals surface area contributed by atoms with Gasteiger partial charge in [0.1, 0.15) is 0 Å². The predicted molar refractivity (Wildman–Crippen MR) is 125 cm³/mol. The van der Waals surface area contributed by atoms with Gasteiger partial charge in [-0.3, -0.25) is 0 Å². The van der Waals surface area contributed by atoms with Gasteiger partial charge in [0.2, 0.25) is 5.82 Å². The average Bonchev–Trinajstić information content (AvgIpc) is 3.48. The second-order valence-corrected chi connectivity index (χ2v) is 7.32. The quantitative estimate of drug-likeness (QED) is 0.419. The number of aromatic nitrogens is 4. The summed E-state index contributed by atoms with van der Waals surface area (Å²) >= 11 is 0. The molecule has 5 aromatic rings. The second kappa shape index (κ2) is 8.78. The third kappa shape index (κ3) is 4.09. The molecule has 0 aliphatic heterocycles. The van der Waals surface area contributed by atoms with Gasteiger partial charge in [0.05, 0.1) is 6.26 Å². The number of anilines is 1. The van der Waals surface area contributed by atoms with Crippen molar-refractivity contribution in [2.75, 3.05) is 11.9 Å². The van der Waals surface area contributed by atoms with E-state index in [1.54, 1.807) is 6.26 Å². The Bertz CT molecular complexity index is 1400. The van der Waals surface area contributed by atoms with E-state index in [0.29, 0.717) is 40.9 Å². The molecule has 0 aliphatic carbocycles. The van der Waals surface area contributed by atoms with Crippen LogP contribution in [0.3, 0.4) is 0 Å². The Labute approximate surface area is 186 Å². The molecule has 5 rings (SSSR count). The van der Waals surface area contributed by atoms with Gasteiger partial charge < -0.3 is 14.3 Å². The van der Waals surface area contributed by atoms with Crippen LogP contribution in [0.4, 0.5) is 5.82 Å². The van der Waals surface area contributed by atoms with Crippen molar-refractivity contribution in [1.29, 1.82) is 0 Å². The van der Waals surface area contributed by atoms with Crippen molar-refractivity contribution >= 4 is 17.0 Å². The number of imidazole rings is 1. The lowest BCUT2D eigenvalue weighted by Gasteiger charge is -2.07. The molecule has 0 atom stereocenters. The predicted octanol–water partition coefficient (Wildman–Crippen LogP) is 4.68. The van der Waals surface area contributed by atoms with Crippen LogP contribution < -0.4 is 5.32 Å². The Kier molecular flexibility index (Phi) is 5.38. The molecule has 0 fully saturated rings. The Morgan fingerprint density at radius 1 is 0.875 bits per heavy atom. The summed E-state index contributed by atoms with van der Waals surface area (Å²) in [5.41, 5.74) is 3.56. The summed E-state index contributed by atoms with van der Waals surface area (Å²) in [5.74, 6) is 8.71. The zero-order valence-corrected chi connectivity index (χ0v) is 17.6. The highest BCUT2D eigenvalue weighted by Gasteiger charge is 2.18. The van der Waals surface area contributed by atoms with Gasteiger partial charge in [0, 0.05) is 19.2 Å². The standard InChI is InChI=1S/C26H21N5O/c1-31-25(21-13-8-18-32-21)30-23-24(27-17-16-20-11-6-3-7-12-20)28-22(29-26(23)31)15-14-19-9-4-2-5-10-19/h2-13,18H,16-17H2,1H3,(H,27,28,29). The maximum Gasteiger partial charge on any atom is 0.209 e. The minimum absolute atomic E-state index is 0.442. The molecule has 3 aromatic heterocycles. The van der Waals surface area contributed by atoms with Crippen LogP contribution in [0.1, 0.15) is 17.0 Å². The van der Waals surface area contributed by atoms with Crippen LogP contribution in [-0.4, -0.2) is 26.1 Å². The van der Waals surface area contributed by atoms with E-state index in [1.165, 1.54) is 5.56 Å². The Hall–Kier alpha value is -4.37. The third-order valence-electron chi connectivity index (χ3n) is 5.10. The molecule has 0 spiro atoms. The normalized spacial score (nSPS) is 10.7. The molecule has 3 heterocycles. The fraction of sp³-hybridized carbons (Fsp3) is 0.115. The highest BCUT2D eigenvalue weighted by atomic mass is 16.3. The van der Waals surface area contributed by atoms with Crippen LogP contribution >= 0.6 is 0 Å². The molecule has 1 N–H and O–H groups in total. The maximum absolute atomic E-state index is 5.56. The molecule has 0 saturated carbocycles. The minimum Gasteiger partial charge on any atom is -0.461 e. The van der Waals surface area contributed by atoms with Crippen molar-refractivity contribution < 1.29 is 4.42 Å². The van der Waals surface area contributed by atoms with E-state index in [0.717, 1.165) is 12.0 Å². The number of furan rings is 1. The minimum atomic E-state index is 0.442. The lowest BCUT2D eigenvalue weighted by atomic mass is 10.1. The lowest BCUT2D eigenvalue weighted by molar-refractivity contribution is 0.574. The number of benzene rings is 2. The van der Waals surface area contributed by atoms with Gasteiger partial charge >= 0.3 is 0 Å². The molecule has 0 aliphatic rings. The molecule has 6 heteroatoms. The lowest BCUT2D eigenvalue weighted by Crippen LogP contribution is -2.08. The first kappa shape index (κ1) is 19.6. The molecule has 0 amide bonds. The number of fused-ring (bicyclic) bond motifs is 1. The molecular formula is C26H21N5O. The summed E-state index contributed by atoms with van der Waals surface area (Å²) in [5, 5.41) is 3.44. The molecule has 32 heavy (non-hydrogen) atoms.